The second kappa shape index (κ2) is 6.19. The van der Waals surface area contributed by atoms with E-state index in [-0.39, 0.29) is 12.0 Å². The van der Waals surface area contributed by atoms with Crippen molar-refractivity contribution in [1.82, 2.24) is 4.90 Å². The zero-order valence-electron chi connectivity index (χ0n) is 13.4. The minimum absolute atomic E-state index is 0.00488. The van der Waals surface area contributed by atoms with E-state index in [2.05, 4.69) is 4.90 Å². The van der Waals surface area contributed by atoms with E-state index in [0.717, 1.165) is 63.0 Å². The molecule has 0 unspecified atom stereocenters. The number of piperidine rings is 3. The summed E-state index contributed by atoms with van der Waals surface area (Å²) in [5, 5.41) is 13.3. The lowest BCUT2D eigenvalue weighted by Crippen LogP contribution is -2.54. The summed E-state index contributed by atoms with van der Waals surface area (Å²) in [4.78, 5) is 16.1. The molecule has 3 saturated heterocycles. The summed E-state index contributed by atoms with van der Waals surface area (Å²) in [5.41, 5.74) is -1.45. The highest BCUT2D eigenvalue weighted by Crippen LogP contribution is 2.44. The van der Waals surface area contributed by atoms with Gasteiger partial charge in [-0.1, -0.05) is 18.9 Å². The average molecular weight is 335 g/mol. The Morgan fingerprint density at radius 3 is 2.57 bits per heavy atom. The standard InChI is InChI=1S/C18H25NO3S/c20-17(22-15-12-19-9-7-13(15)8-10-19)18(21,14-4-1-2-5-14)16-6-3-11-23-16/h3,6,11,13-15,21H,1-2,4-5,7-10,12H2/t15-,18-/m1/s1. The molecule has 1 aromatic rings. The highest BCUT2D eigenvalue weighted by molar-refractivity contribution is 7.10. The predicted octanol–water partition coefficient (Wildman–Crippen LogP) is 2.76. The monoisotopic (exact) mass is 335 g/mol. The van der Waals surface area contributed by atoms with Crippen LogP contribution in [0.25, 0.3) is 0 Å². The van der Waals surface area contributed by atoms with Crippen molar-refractivity contribution in [2.75, 3.05) is 19.6 Å². The van der Waals surface area contributed by atoms with Gasteiger partial charge in [0.05, 0.1) is 0 Å². The Balaban J connectivity index is 1.55. The number of rotatable bonds is 4. The Labute approximate surface area is 141 Å². The van der Waals surface area contributed by atoms with E-state index in [0.29, 0.717) is 5.92 Å². The third kappa shape index (κ3) is 2.73. The predicted molar refractivity (Wildman–Crippen MR) is 89.2 cm³/mol. The van der Waals surface area contributed by atoms with Crippen LogP contribution in [0, 0.1) is 11.8 Å². The third-order valence-electron chi connectivity index (χ3n) is 6.01. The number of hydrogen-bond acceptors (Lipinski definition) is 5. The zero-order chi connectivity index (χ0) is 15.9. The van der Waals surface area contributed by atoms with Gasteiger partial charge in [-0.2, -0.15) is 0 Å². The van der Waals surface area contributed by atoms with Gasteiger partial charge in [0.2, 0.25) is 0 Å². The molecule has 5 rings (SSSR count). The number of carbonyl (C=O) groups excluding carboxylic acids is 1. The number of esters is 1. The second-order valence-electron chi connectivity index (χ2n) is 7.31. The van der Waals surface area contributed by atoms with Crippen molar-refractivity contribution >= 4 is 17.3 Å². The van der Waals surface area contributed by atoms with Crippen molar-refractivity contribution in [1.29, 1.82) is 0 Å². The first-order valence-corrected chi connectivity index (χ1v) is 9.75. The van der Waals surface area contributed by atoms with E-state index in [4.69, 9.17) is 4.74 Å². The zero-order valence-corrected chi connectivity index (χ0v) is 14.3. The van der Waals surface area contributed by atoms with Crippen LogP contribution in [0.4, 0.5) is 0 Å². The van der Waals surface area contributed by atoms with Gasteiger partial charge < -0.3 is 9.84 Å². The van der Waals surface area contributed by atoms with Crippen LogP contribution in [0.5, 0.6) is 0 Å². The lowest BCUT2D eigenvalue weighted by atomic mass is 9.83. The molecule has 4 aliphatic rings. The Kier molecular flexibility index (Phi) is 4.20. The molecule has 4 nitrogen and oxygen atoms in total. The van der Waals surface area contributed by atoms with E-state index in [1.54, 1.807) is 0 Å². The van der Waals surface area contributed by atoms with Crippen molar-refractivity contribution in [3.63, 3.8) is 0 Å². The maximum Gasteiger partial charge on any atom is 0.344 e. The normalized spacial score (nSPS) is 33.5. The Morgan fingerprint density at radius 2 is 2.00 bits per heavy atom. The third-order valence-corrected chi connectivity index (χ3v) is 7.00. The van der Waals surface area contributed by atoms with Crippen molar-refractivity contribution in [3.05, 3.63) is 22.4 Å². The van der Waals surface area contributed by atoms with Crippen LogP contribution in [0.3, 0.4) is 0 Å². The van der Waals surface area contributed by atoms with Crippen molar-refractivity contribution in [3.8, 4) is 0 Å². The molecule has 1 aromatic heterocycles. The number of thiophene rings is 1. The molecule has 2 bridgehead atoms. The smallest absolute Gasteiger partial charge is 0.344 e. The number of carbonyl (C=O) groups is 1. The number of nitrogens with zero attached hydrogens (tertiary/aromatic N) is 1. The number of hydrogen-bond donors (Lipinski definition) is 1. The molecule has 0 aromatic carbocycles. The molecule has 1 saturated carbocycles. The van der Waals surface area contributed by atoms with Crippen molar-refractivity contribution in [2.24, 2.45) is 11.8 Å². The van der Waals surface area contributed by atoms with Crippen LogP contribution in [0.1, 0.15) is 43.4 Å². The first-order chi connectivity index (χ1) is 11.2. The first kappa shape index (κ1) is 15.6. The quantitative estimate of drug-likeness (QED) is 0.860. The summed E-state index contributed by atoms with van der Waals surface area (Å²) in [5.74, 6) is 0.0560. The molecular formula is C18H25NO3S. The Bertz CT molecular complexity index is 547. The Morgan fingerprint density at radius 1 is 1.26 bits per heavy atom. The van der Waals surface area contributed by atoms with Gasteiger partial charge in [0, 0.05) is 17.3 Å². The molecule has 1 N–H and O–H groups in total. The summed E-state index contributed by atoms with van der Waals surface area (Å²) in [6.45, 7) is 3.08. The van der Waals surface area contributed by atoms with Crippen LogP contribution in [0.2, 0.25) is 0 Å². The molecule has 4 heterocycles. The SMILES string of the molecule is O=C(O[C@@H]1CN2CCC1CC2)[C@](O)(c1cccs1)C1CCCC1. The van der Waals surface area contributed by atoms with E-state index in [1.807, 2.05) is 17.5 Å². The summed E-state index contributed by atoms with van der Waals surface area (Å²) in [6.07, 6.45) is 6.17. The molecule has 126 valence electrons. The van der Waals surface area contributed by atoms with E-state index >= 15 is 0 Å². The van der Waals surface area contributed by atoms with Gasteiger partial charge in [0.1, 0.15) is 6.10 Å². The fraction of sp³-hybridized carbons (Fsp3) is 0.722. The maximum absolute atomic E-state index is 13.0. The van der Waals surface area contributed by atoms with E-state index in [9.17, 15) is 9.90 Å². The molecule has 5 heteroatoms. The van der Waals surface area contributed by atoms with Gasteiger partial charge in [0.25, 0.3) is 0 Å². The number of aliphatic hydroxyl groups is 1. The lowest BCUT2D eigenvalue weighted by Gasteiger charge is -2.45. The van der Waals surface area contributed by atoms with Gasteiger partial charge in [-0.15, -0.1) is 11.3 Å². The Hall–Kier alpha value is -0.910. The van der Waals surface area contributed by atoms with E-state index in [1.165, 1.54) is 11.3 Å². The number of ether oxygens (including phenoxy) is 1. The van der Waals surface area contributed by atoms with Crippen LogP contribution in [0.15, 0.2) is 17.5 Å². The molecule has 2 atom stereocenters. The average Bonchev–Trinajstić information content (AvgIpc) is 3.29. The van der Waals surface area contributed by atoms with Gasteiger partial charge in [0.15, 0.2) is 5.60 Å². The summed E-state index contributed by atoms with van der Waals surface area (Å²) >= 11 is 1.46. The minimum atomic E-state index is -1.45. The fourth-order valence-corrected chi connectivity index (χ4v) is 5.47. The molecule has 23 heavy (non-hydrogen) atoms. The van der Waals surface area contributed by atoms with Crippen LogP contribution < -0.4 is 0 Å². The van der Waals surface area contributed by atoms with Crippen LogP contribution in [-0.4, -0.2) is 41.7 Å². The van der Waals surface area contributed by atoms with Crippen LogP contribution in [-0.2, 0) is 15.1 Å². The largest absolute Gasteiger partial charge is 0.458 e. The van der Waals surface area contributed by atoms with Gasteiger partial charge in [-0.25, -0.2) is 4.79 Å². The number of fused-ring (bicyclic) bond motifs is 3. The lowest BCUT2D eigenvalue weighted by molar-refractivity contribution is -0.187. The van der Waals surface area contributed by atoms with Gasteiger partial charge >= 0.3 is 5.97 Å². The molecule has 3 aliphatic heterocycles. The molecule has 4 fully saturated rings. The van der Waals surface area contributed by atoms with E-state index < -0.39 is 11.6 Å². The van der Waals surface area contributed by atoms with Gasteiger partial charge in [-0.05, 0) is 56.1 Å². The minimum Gasteiger partial charge on any atom is -0.458 e. The maximum atomic E-state index is 13.0. The molecule has 0 spiro atoms. The van der Waals surface area contributed by atoms with Crippen LogP contribution >= 0.6 is 11.3 Å². The van der Waals surface area contributed by atoms with Gasteiger partial charge in [-0.3, -0.25) is 4.90 Å². The van der Waals surface area contributed by atoms with Crippen molar-refractivity contribution in [2.45, 2.75) is 50.2 Å². The summed E-state index contributed by atoms with van der Waals surface area (Å²) in [7, 11) is 0. The second-order valence-corrected chi connectivity index (χ2v) is 8.25. The molecular weight excluding hydrogens is 310 g/mol. The first-order valence-electron chi connectivity index (χ1n) is 8.87. The fourth-order valence-electron chi connectivity index (χ4n) is 4.58. The molecule has 0 radical (unpaired) electrons. The van der Waals surface area contributed by atoms with Crippen molar-refractivity contribution < 1.29 is 14.6 Å². The topological polar surface area (TPSA) is 49.8 Å². The molecule has 1 aliphatic carbocycles. The molecule has 0 amide bonds. The summed E-state index contributed by atoms with van der Waals surface area (Å²) < 4.78 is 5.90. The summed E-state index contributed by atoms with van der Waals surface area (Å²) in [6, 6.07) is 3.78. The highest BCUT2D eigenvalue weighted by atomic mass is 32.1. The highest BCUT2D eigenvalue weighted by Gasteiger charge is 2.50.